The number of amides is 1. The van der Waals surface area contributed by atoms with Crippen molar-refractivity contribution in [1.29, 1.82) is 5.26 Å². The predicted octanol–water partition coefficient (Wildman–Crippen LogP) is 1.02. The number of likely N-dealkylation sites (N-methyl/N-ethyl adjacent to an activating group) is 1. The smallest absolute Gasteiger partial charge is 0.251 e. The molecule has 1 amide bonds. The lowest BCUT2D eigenvalue weighted by Crippen LogP contribution is -2.29. The fourth-order valence-electron chi connectivity index (χ4n) is 3.61. The van der Waals surface area contributed by atoms with Gasteiger partial charge in [0.1, 0.15) is 6.07 Å². The van der Waals surface area contributed by atoms with Gasteiger partial charge in [-0.05, 0) is 32.1 Å². The van der Waals surface area contributed by atoms with E-state index in [1.165, 1.54) is 17.1 Å². The van der Waals surface area contributed by atoms with Crippen LogP contribution in [0.5, 0.6) is 0 Å². The Morgan fingerprint density at radius 3 is 2.77 bits per heavy atom. The number of nitrogen functional groups attached to an aromatic ring is 1. The number of nitriles is 1. The van der Waals surface area contributed by atoms with E-state index >= 15 is 0 Å². The monoisotopic (exact) mass is 417 g/mol. The zero-order valence-electron chi connectivity index (χ0n) is 17.2. The van der Waals surface area contributed by atoms with Gasteiger partial charge in [-0.15, -0.1) is 0 Å². The van der Waals surface area contributed by atoms with Crippen molar-refractivity contribution in [2.75, 3.05) is 43.9 Å². The minimum atomic E-state index is -0.595. The molecule has 1 aliphatic heterocycles. The van der Waals surface area contributed by atoms with E-state index in [2.05, 4.69) is 38.0 Å². The average Bonchev–Trinajstić information content (AvgIpc) is 3.17. The molecule has 4 N–H and O–H groups in total. The van der Waals surface area contributed by atoms with E-state index in [0.29, 0.717) is 11.3 Å². The number of nitrogens with zero attached hydrogens (tertiary/aromatic N) is 7. The number of hydrogen-bond donors (Lipinski definition) is 2. The molecule has 3 aromatic rings. The Balaban J connectivity index is 1.68. The Bertz CT molecular complexity index is 1160. The Hall–Kier alpha value is -3.97. The first-order chi connectivity index (χ1) is 15.0. The molecule has 0 spiro atoms. The summed E-state index contributed by atoms with van der Waals surface area (Å²) in [4.78, 5) is 24.7. The molecule has 0 aliphatic carbocycles. The van der Waals surface area contributed by atoms with Gasteiger partial charge in [0.2, 0.25) is 0 Å². The lowest BCUT2D eigenvalue weighted by atomic mass is 10.1. The third-order valence-corrected chi connectivity index (χ3v) is 5.34. The van der Waals surface area contributed by atoms with Gasteiger partial charge in [-0.25, -0.2) is 14.6 Å². The highest BCUT2D eigenvalue weighted by atomic mass is 16.1. The van der Waals surface area contributed by atoms with Crippen LogP contribution in [0.1, 0.15) is 22.3 Å². The summed E-state index contributed by atoms with van der Waals surface area (Å²) in [6.07, 6.45) is 5.39. The quantitative estimate of drug-likeness (QED) is 0.640. The molecule has 0 atom stereocenters. The Labute approximate surface area is 179 Å². The lowest BCUT2D eigenvalue weighted by Gasteiger charge is -2.24. The van der Waals surface area contributed by atoms with Crippen molar-refractivity contribution in [2.45, 2.75) is 6.42 Å². The summed E-state index contributed by atoms with van der Waals surface area (Å²) in [6.45, 7) is 3.78. The molecule has 1 aliphatic rings. The van der Waals surface area contributed by atoms with E-state index in [1.807, 2.05) is 18.2 Å². The first-order valence-corrected chi connectivity index (χ1v) is 9.91. The average molecular weight is 417 g/mol. The van der Waals surface area contributed by atoms with E-state index in [0.717, 1.165) is 43.9 Å². The first kappa shape index (κ1) is 20.3. The van der Waals surface area contributed by atoms with Crippen LogP contribution in [0.3, 0.4) is 0 Å². The second-order valence-electron chi connectivity index (χ2n) is 7.49. The van der Waals surface area contributed by atoms with Crippen molar-refractivity contribution >= 4 is 17.4 Å². The number of primary amides is 1. The van der Waals surface area contributed by atoms with Gasteiger partial charge in [0.25, 0.3) is 5.91 Å². The number of benzene rings is 1. The highest BCUT2D eigenvalue weighted by molar-refractivity contribution is 5.92. The standard InChI is InChI=1S/C21H23N9O/c1-28-5-2-6-29(8-7-28)18-4-3-14(9-15(18)10-22)17-12-25-19(23)21(27-17)30-13-16(11-26-30)20(24)31/h3-4,9,11-13H,2,5-8H2,1H3,(H2,23,25)(H2,24,31). The number of aromatic nitrogens is 4. The molecule has 0 saturated carbocycles. The molecule has 3 heterocycles. The molecule has 0 unspecified atom stereocenters. The topological polar surface area (TPSA) is 143 Å². The zero-order valence-corrected chi connectivity index (χ0v) is 17.2. The van der Waals surface area contributed by atoms with Crippen molar-refractivity contribution in [2.24, 2.45) is 5.73 Å². The summed E-state index contributed by atoms with van der Waals surface area (Å²) >= 11 is 0. The van der Waals surface area contributed by atoms with Crippen LogP contribution < -0.4 is 16.4 Å². The molecule has 10 nitrogen and oxygen atoms in total. The van der Waals surface area contributed by atoms with Gasteiger partial charge < -0.3 is 21.3 Å². The Morgan fingerprint density at radius 1 is 1.19 bits per heavy atom. The molecule has 1 aromatic carbocycles. The minimum Gasteiger partial charge on any atom is -0.381 e. The fourth-order valence-corrected chi connectivity index (χ4v) is 3.61. The van der Waals surface area contributed by atoms with Gasteiger partial charge in [-0.2, -0.15) is 10.4 Å². The predicted molar refractivity (Wildman–Crippen MR) is 117 cm³/mol. The molecule has 2 aromatic heterocycles. The first-order valence-electron chi connectivity index (χ1n) is 9.91. The second-order valence-corrected chi connectivity index (χ2v) is 7.49. The van der Waals surface area contributed by atoms with E-state index in [1.54, 1.807) is 6.20 Å². The normalized spacial score (nSPS) is 14.8. The number of carbonyl (C=O) groups excluding carboxylic acids is 1. The summed E-state index contributed by atoms with van der Waals surface area (Å²) in [6, 6.07) is 8.00. The van der Waals surface area contributed by atoms with Crippen LogP contribution in [0.15, 0.2) is 36.8 Å². The molecule has 10 heteroatoms. The number of hydrogen-bond acceptors (Lipinski definition) is 8. The van der Waals surface area contributed by atoms with Crippen molar-refractivity contribution in [3.05, 3.63) is 47.9 Å². The van der Waals surface area contributed by atoms with E-state index in [-0.39, 0.29) is 17.2 Å². The molecule has 158 valence electrons. The molecular weight excluding hydrogens is 394 g/mol. The Kier molecular flexibility index (Phi) is 5.51. The van der Waals surface area contributed by atoms with Crippen molar-refractivity contribution < 1.29 is 4.79 Å². The maximum Gasteiger partial charge on any atom is 0.251 e. The van der Waals surface area contributed by atoms with Crippen LogP contribution in [0.25, 0.3) is 17.1 Å². The molecule has 1 fully saturated rings. The van der Waals surface area contributed by atoms with Gasteiger partial charge in [-0.3, -0.25) is 4.79 Å². The van der Waals surface area contributed by atoms with Gasteiger partial charge in [0.05, 0.1) is 34.9 Å². The highest BCUT2D eigenvalue weighted by Gasteiger charge is 2.17. The maximum absolute atomic E-state index is 11.4. The minimum absolute atomic E-state index is 0.161. The van der Waals surface area contributed by atoms with Crippen molar-refractivity contribution in [1.82, 2.24) is 24.6 Å². The van der Waals surface area contributed by atoms with Gasteiger partial charge in [0.15, 0.2) is 11.6 Å². The van der Waals surface area contributed by atoms with Crippen molar-refractivity contribution in [3.8, 4) is 23.1 Å². The van der Waals surface area contributed by atoms with Crippen LogP contribution >= 0.6 is 0 Å². The number of carbonyl (C=O) groups is 1. The van der Waals surface area contributed by atoms with E-state index < -0.39 is 5.91 Å². The third-order valence-electron chi connectivity index (χ3n) is 5.34. The molecule has 4 rings (SSSR count). The van der Waals surface area contributed by atoms with Gasteiger partial charge in [-0.1, -0.05) is 6.07 Å². The molecule has 31 heavy (non-hydrogen) atoms. The van der Waals surface area contributed by atoms with Crippen LogP contribution in [0.2, 0.25) is 0 Å². The SMILES string of the molecule is CN1CCCN(c2ccc(-c3cnc(N)c(-n4cc(C(N)=O)cn4)n3)cc2C#N)CC1. The third kappa shape index (κ3) is 4.17. The highest BCUT2D eigenvalue weighted by Crippen LogP contribution is 2.28. The van der Waals surface area contributed by atoms with Crippen molar-refractivity contribution in [3.63, 3.8) is 0 Å². The summed E-state index contributed by atoms with van der Waals surface area (Å²) in [5.74, 6) is -0.153. The van der Waals surface area contributed by atoms with Crippen LogP contribution in [-0.2, 0) is 0 Å². The van der Waals surface area contributed by atoms with Gasteiger partial charge >= 0.3 is 0 Å². The summed E-state index contributed by atoms with van der Waals surface area (Å²) in [5.41, 5.74) is 14.3. The largest absolute Gasteiger partial charge is 0.381 e. The van der Waals surface area contributed by atoms with Gasteiger partial charge in [0, 0.05) is 31.4 Å². The number of rotatable bonds is 4. The molecule has 0 bridgehead atoms. The number of nitrogens with two attached hydrogens (primary N) is 2. The molecule has 1 saturated heterocycles. The lowest BCUT2D eigenvalue weighted by molar-refractivity contribution is 0.100. The molecule has 0 radical (unpaired) electrons. The van der Waals surface area contributed by atoms with Crippen LogP contribution in [-0.4, -0.2) is 63.8 Å². The number of anilines is 2. The molecular formula is C21H23N9O. The fraction of sp³-hybridized carbons (Fsp3) is 0.286. The summed E-state index contributed by atoms with van der Waals surface area (Å²) < 4.78 is 1.36. The van der Waals surface area contributed by atoms with Crippen LogP contribution in [0, 0.1) is 11.3 Å². The second kappa shape index (κ2) is 8.41. The Morgan fingerprint density at radius 2 is 2.03 bits per heavy atom. The van der Waals surface area contributed by atoms with Crippen LogP contribution in [0.4, 0.5) is 11.5 Å². The summed E-state index contributed by atoms with van der Waals surface area (Å²) in [7, 11) is 2.11. The zero-order chi connectivity index (χ0) is 22.0. The van der Waals surface area contributed by atoms with E-state index in [9.17, 15) is 10.1 Å². The summed E-state index contributed by atoms with van der Waals surface area (Å²) in [5, 5.41) is 13.9. The maximum atomic E-state index is 11.4. The van der Waals surface area contributed by atoms with E-state index in [4.69, 9.17) is 11.5 Å².